The molecule has 0 aromatic carbocycles. The summed E-state index contributed by atoms with van der Waals surface area (Å²) < 4.78 is 5.33. The van der Waals surface area contributed by atoms with Crippen molar-refractivity contribution in [1.82, 2.24) is 15.5 Å². The Balaban J connectivity index is 1.42. The predicted octanol–water partition coefficient (Wildman–Crippen LogP) is -0.508. The molecule has 2 aliphatic heterocycles. The van der Waals surface area contributed by atoms with E-state index in [9.17, 15) is 9.59 Å². The standard InChI is InChI=1S/C14H23N3O3/c18-13(10-1-2-10)16-11-3-6-17(7-4-11)14(19)12-9-20-8-5-15-12/h10-12,15H,1-9H2,(H,16,18). The lowest BCUT2D eigenvalue weighted by Crippen LogP contribution is -2.55. The Bertz CT molecular complexity index is 370. The summed E-state index contributed by atoms with van der Waals surface area (Å²) in [5, 5.41) is 6.30. The second kappa shape index (κ2) is 6.10. The van der Waals surface area contributed by atoms with Gasteiger partial charge in [0.15, 0.2) is 0 Å². The number of nitrogens with one attached hydrogen (secondary N) is 2. The van der Waals surface area contributed by atoms with Crippen LogP contribution < -0.4 is 10.6 Å². The molecule has 1 saturated carbocycles. The van der Waals surface area contributed by atoms with E-state index in [0.29, 0.717) is 13.2 Å². The highest BCUT2D eigenvalue weighted by molar-refractivity contribution is 5.82. The zero-order chi connectivity index (χ0) is 13.9. The lowest BCUT2D eigenvalue weighted by Gasteiger charge is -2.35. The number of carbonyl (C=O) groups excluding carboxylic acids is 2. The van der Waals surface area contributed by atoms with Gasteiger partial charge >= 0.3 is 0 Å². The third kappa shape index (κ3) is 3.30. The van der Waals surface area contributed by atoms with Crippen molar-refractivity contribution in [3.05, 3.63) is 0 Å². The van der Waals surface area contributed by atoms with Gasteiger partial charge in [-0.05, 0) is 25.7 Å². The number of nitrogens with zero attached hydrogens (tertiary/aromatic N) is 1. The van der Waals surface area contributed by atoms with E-state index < -0.39 is 0 Å². The van der Waals surface area contributed by atoms with Gasteiger partial charge in [0.05, 0.1) is 13.2 Å². The Morgan fingerprint density at radius 2 is 1.90 bits per heavy atom. The van der Waals surface area contributed by atoms with Gasteiger partial charge in [-0.1, -0.05) is 0 Å². The van der Waals surface area contributed by atoms with Gasteiger partial charge in [-0.25, -0.2) is 0 Å². The van der Waals surface area contributed by atoms with Gasteiger partial charge in [0.1, 0.15) is 6.04 Å². The molecule has 6 heteroatoms. The number of amides is 2. The fourth-order valence-electron chi connectivity index (χ4n) is 2.85. The smallest absolute Gasteiger partial charge is 0.242 e. The topological polar surface area (TPSA) is 70.7 Å². The number of ether oxygens (including phenoxy) is 1. The van der Waals surface area contributed by atoms with E-state index in [0.717, 1.165) is 45.3 Å². The number of morpholine rings is 1. The molecule has 0 radical (unpaired) electrons. The zero-order valence-electron chi connectivity index (χ0n) is 11.8. The van der Waals surface area contributed by atoms with Crippen LogP contribution in [0.4, 0.5) is 0 Å². The average Bonchev–Trinajstić information content (AvgIpc) is 3.33. The number of hydrogen-bond acceptors (Lipinski definition) is 4. The first kappa shape index (κ1) is 13.8. The van der Waals surface area contributed by atoms with Gasteiger partial charge in [-0.15, -0.1) is 0 Å². The van der Waals surface area contributed by atoms with Crippen LogP contribution >= 0.6 is 0 Å². The van der Waals surface area contributed by atoms with Gasteiger partial charge in [0.2, 0.25) is 11.8 Å². The van der Waals surface area contributed by atoms with E-state index in [1.54, 1.807) is 0 Å². The van der Waals surface area contributed by atoms with E-state index >= 15 is 0 Å². The maximum atomic E-state index is 12.3. The van der Waals surface area contributed by atoms with Crippen LogP contribution in [0.25, 0.3) is 0 Å². The first-order valence-electron chi connectivity index (χ1n) is 7.64. The summed E-state index contributed by atoms with van der Waals surface area (Å²) in [6, 6.07) is 0.0454. The Kier molecular flexibility index (Phi) is 4.21. The van der Waals surface area contributed by atoms with Crippen LogP contribution in [0, 0.1) is 5.92 Å². The van der Waals surface area contributed by atoms with Crippen molar-refractivity contribution in [3.8, 4) is 0 Å². The Labute approximate surface area is 119 Å². The van der Waals surface area contributed by atoms with E-state index in [4.69, 9.17) is 4.74 Å². The van der Waals surface area contributed by atoms with Gasteiger partial charge in [-0.2, -0.15) is 0 Å². The van der Waals surface area contributed by atoms with Crippen LogP contribution in [-0.2, 0) is 14.3 Å². The van der Waals surface area contributed by atoms with Crippen molar-refractivity contribution in [2.75, 3.05) is 32.8 Å². The first-order chi connectivity index (χ1) is 9.74. The summed E-state index contributed by atoms with van der Waals surface area (Å²) in [6.07, 6.45) is 3.79. The number of piperidine rings is 1. The highest BCUT2D eigenvalue weighted by atomic mass is 16.5. The first-order valence-corrected chi connectivity index (χ1v) is 7.64. The summed E-state index contributed by atoms with van der Waals surface area (Å²) in [6.45, 7) is 3.35. The van der Waals surface area contributed by atoms with Crippen LogP contribution in [0.5, 0.6) is 0 Å². The van der Waals surface area contributed by atoms with Crippen molar-refractivity contribution >= 4 is 11.8 Å². The molecule has 0 bridgehead atoms. The lowest BCUT2D eigenvalue weighted by molar-refractivity contribution is -0.137. The molecule has 2 saturated heterocycles. The number of carbonyl (C=O) groups is 2. The molecule has 2 amide bonds. The summed E-state index contributed by atoms with van der Waals surface area (Å²) in [4.78, 5) is 25.9. The van der Waals surface area contributed by atoms with Crippen LogP contribution in [0.15, 0.2) is 0 Å². The fraction of sp³-hybridized carbons (Fsp3) is 0.857. The highest BCUT2D eigenvalue weighted by Crippen LogP contribution is 2.29. The van der Waals surface area contributed by atoms with Crippen LogP contribution in [-0.4, -0.2) is 61.6 Å². The van der Waals surface area contributed by atoms with E-state index in [1.165, 1.54) is 0 Å². The third-order valence-corrected chi connectivity index (χ3v) is 4.32. The molecule has 3 fully saturated rings. The number of hydrogen-bond donors (Lipinski definition) is 2. The third-order valence-electron chi connectivity index (χ3n) is 4.32. The molecule has 2 heterocycles. The maximum Gasteiger partial charge on any atom is 0.242 e. The zero-order valence-corrected chi connectivity index (χ0v) is 11.8. The molecule has 3 aliphatic rings. The van der Waals surface area contributed by atoms with Gasteiger partial charge < -0.3 is 20.3 Å². The van der Waals surface area contributed by atoms with E-state index in [1.807, 2.05) is 4.90 Å². The van der Waals surface area contributed by atoms with E-state index in [-0.39, 0.29) is 29.8 Å². The molecule has 0 aromatic heterocycles. The summed E-state index contributed by atoms with van der Waals surface area (Å²) in [5.41, 5.74) is 0. The molecule has 2 N–H and O–H groups in total. The molecule has 112 valence electrons. The molecule has 1 unspecified atom stereocenters. The van der Waals surface area contributed by atoms with Crippen molar-refractivity contribution in [3.63, 3.8) is 0 Å². The molecular weight excluding hydrogens is 258 g/mol. The lowest BCUT2D eigenvalue weighted by atomic mass is 10.0. The molecule has 1 atom stereocenters. The highest BCUT2D eigenvalue weighted by Gasteiger charge is 2.33. The maximum absolute atomic E-state index is 12.3. The summed E-state index contributed by atoms with van der Waals surface area (Å²) in [7, 11) is 0. The van der Waals surface area contributed by atoms with Crippen LogP contribution in [0.2, 0.25) is 0 Å². The van der Waals surface area contributed by atoms with Crippen molar-refractivity contribution < 1.29 is 14.3 Å². The predicted molar refractivity (Wildman–Crippen MR) is 73.1 cm³/mol. The molecule has 1 aliphatic carbocycles. The summed E-state index contributed by atoms with van der Waals surface area (Å²) >= 11 is 0. The monoisotopic (exact) mass is 281 g/mol. The van der Waals surface area contributed by atoms with Crippen LogP contribution in [0.1, 0.15) is 25.7 Å². The Morgan fingerprint density at radius 3 is 2.50 bits per heavy atom. The largest absolute Gasteiger partial charge is 0.378 e. The minimum Gasteiger partial charge on any atom is -0.378 e. The van der Waals surface area contributed by atoms with Crippen molar-refractivity contribution in [2.45, 2.75) is 37.8 Å². The minimum atomic E-state index is -0.193. The second-order valence-electron chi connectivity index (χ2n) is 5.96. The van der Waals surface area contributed by atoms with Crippen LogP contribution in [0.3, 0.4) is 0 Å². The summed E-state index contributed by atoms with van der Waals surface area (Å²) in [5.74, 6) is 0.604. The quantitative estimate of drug-likeness (QED) is 0.731. The van der Waals surface area contributed by atoms with Gasteiger partial charge in [0, 0.05) is 31.6 Å². The molecule has 20 heavy (non-hydrogen) atoms. The average molecular weight is 281 g/mol. The molecule has 0 aromatic rings. The molecule has 0 spiro atoms. The molecule has 3 rings (SSSR count). The molecular formula is C14H23N3O3. The second-order valence-corrected chi connectivity index (χ2v) is 5.96. The van der Waals surface area contributed by atoms with Crippen molar-refractivity contribution in [2.24, 2.45) is 5.92 Å². The Morgan fingerprint density at radius 1 is 1.15 bits per heavy atom. The Hall–Kier alpha value is -1.14. The van der Waals surface area contributed by atoms with E-state index in [2.05, 4.69) is 10.6 Å². The molecule has 6 nitrogen and oxygen atoms in total. The SMILES string of the molecule is O=C(NC1CCN(C(=O)C2COCCN2)CC1)C1CC1. The van der Waals surface area contributed by atoms with Gasteiger partial charge in [-0.3, -0.25) is 9.59 Å². The number of rotatable bonds is 3. The van der Waals surface area contributed by atoms with Crippen molar-refractivity contribution in [1.29, 1.82) is 0 Å². The van der Waals surface area contributed by atoms with Gasteiger partial charge in [0.25, 0.3) is 0 Å². The number of likely N-dealkylation sites (tertiary alicyclic amines) is 1. The normalized spacial score (nSPS) is 28.2. The minimum absolute atomic E-state index is 0.136. The fourth-order valence-corrected chi connectivity index (χ4v) is 2.85.